The summed E-state index contributed by atoms with van der Waals surface area (Å²) >= 11 is 0. The first-order valence-corrected chi connectivity index (χ1v) is 6.53. The van der Waals surface area contributed by atoms with E-state index in [4.69, 9.17) is 10.5 Å². The van der Waals surface area contributed by atoms with Gasteiger partial charge >= 0.3 is 6.03 Å². The molecule has 5 heteroatoms. The van der Waals surface area contributed by atoms with Gasteiger partial charge < -0.3 is 10.5 Å². The predicted octanol–water partition coefficient (Wildman–Crippen LogP) is 2.65. The Bertz CT molecular complexity index is 419. The van der Waals surface area contributed by atoms with E-state index in [9.17, 15) is 4.79 Å². The van der Waals surface area contributed by atoms with Gasteiger partial charge in [-0.2, -0.15) is 5.10 Å². The highest BCUT2D eigenvalue weighted by molar-refractivity contribution is 5.81. The van der Waals surface area contributed by atoms with Crippen LogP contribution in [0, 0.1) is 0 Å². The molecular formula is C14H21N3O2. The number of hydrazone groups is 1. The number of nitrogens with one attached hydrogen (secondary N) is 1. The quantitative estimate of drug-likeness (QED) is 0.429. The van der Waals surface area contributed by atoms with E-state index in [0.29, 0.717) is 0 Å². The van der Waals surface area contributed by atoms with E-state index in [2.05, 4.69) is 17.5 Å². The number of nitrogens with zero attached hydrogens (tertiary/aromatic N) is 1. The lowest BCUT2D eigenvalue weighted by molar-refractivity contribution is 0.249. The number of hydrogen-bond donors (Lipinski definition) is 2. The van der Waals surface area contributed by atoms with E-state index >= 15 is 0 Å². The third kappa shape index (κ3) is 7.08. The molecule has 0 aliphatic carbocycles. The molecule has 1 rings (SSSR count). The van der Waals surface area contributed by atoms with Gasteiger partial charge in [0.15, 0.2) is 0 Å². The number of urea groups is 1. The van der Waals surface area contributed by atoms with E-state index in [1.54, 1.807) is 0 Å². The van der Waals surface area contributed by atoms with Gasteiger partial charge in [-0.05, 0) is 24.1 Å². The van der Waals surface area contributed by atoms with Gasteiger partial charge in [0.25, 0.3) is 0 Å². The highest BCUT2D eigenvalue weighted by Gasteiger charge is 1.96. The second kappa shape index (κ2) is 8.97. The Morgan fingerprint density at radius 1 is 1.42 bits per heavy atom. The fourth-order valence-corrected chi connectivity index (χ4v) is 1.57. The molecule has 0 atom stereocenters. The van der Waals surface area contributed by atoms with Gasteiger partial charge in [-0.3, -0.25) is 0 Å². The maximum absolute atomic E-state index is 10.5. The van der Waals surface area contributed by atoms with Crippen molar-refractivity contribution in [2.45, 2.75) is 32.6 Å². The Morgan fingerprint density at radius 2 is 2.26 bits per heavy atom. The molecule has 0 unspecified atom stereocenters. The summed E-state index contributed by atoms with van der Waals surface area (Å²) in [4.78, 5) is 10.5. The van der Waals surface area contributed by atoms with Crippen LogP contribution in [-0.4, -0.2) is 18.9 Å². The zero-order chi connectivity index (χ0) is 13.9. The molecule has 0 aliphatic rings. The Kier molecular flexibility index (Phi) is 7.09. The van der Waals surface area contributed by atoms with Gasteiger partial charge in [-0.25, -0.2) is 10.2 Å². The van der Waals surface area contributed by atoms with Crippen molar-refractivity contribution in [2.75, 3.05) is 6.61 Å². The number of carbonyl (C=O) groups is 1. The summed E-state index contributed by atoms with van der Waals surface area (Å²) in [6.07, 6.45) is 6.25. The highest BCUT2D eigenvalue weighted by Crippen LogP contribution is 2.12. The molecule has 0 aliphatic heterocycles. The first-order chi connectivity index (χ1) is 9.22. The van der Waals surface area contributed by atoms with E-state index < -0.39 is 6.03 Å². The van der Waals surface area contributed by atoms with E-state index in [0.717, 1.165) is 24.3 Å². The van der Waals surface area contributed by atoms with Crippen LogP contribution in [0.5, 0.6) is 5.75 Å². The maximum Gasteiger partial charge on any atom is 0.332 e. The molecule has 0 heterocycles. The molecule has 0 bridgehead atoms. The molecule has 5 nitrogen and oxygen atoms in total. The smallest absolute Gasteiger partial charge is 0.332 e. The Morgan fingerprint density at radius 3 is 3.00 bits per heavy atom. The normalized spacial score (nSPS) is 10.6. The number of rotatable bonds is 8. The van der Waals surface area contributed by atoms with Crippen LogP contribution in [0.15, 0.2) is 29.4 Å². The summed E-state index contributed by atoms with van der Waals surface area (Å²) in [6.45, 7) is 2.91. The summed E-state index contributed by atoms with van der Waals surface area (Å²) in [6, 6.07) is 6.84. The SMILES string of the molecule is CCCCCCOc1cccc(/C=N/NC(N)=O)c1. The van der Waals surface area contributed by atoms with Gasteiger partial charge in [0.05, 0.1) is 12.8 Å². The van der Waals surface area contributed by atoms with E-state index in [-0.39, 0.29) is 0 Å². The predicted molar refractivity (Wildman–Crippen MR) is 76.4 cm³/mol. The number of benzene rings is 1. The van der Waals surface area contributed by atoms with Crippen molar-refractivity contribution in [1.29, 1.82) is 0 Å². The number of hydrogen-bond acceptors (Lipinski definition) is 3. The standard InChI is InChI=1S/C14H21N3O2/c1-2-3-4-5-9-19-13-8-6-7-12(10-13)11-16-17-14(15)18/h6-8,10-11H,2-5,9H2,1H3,(H3,15,17,18)/b16-11+. The Labute approximate surface area is 113 Å². The van der Waals surface area contributed by atoms with Gasteiger partial charge in [-0.15, -0.1) is 0 Å². The fourth-order valence-electron chi connectivity index (χ4n) is 1.57. The number of unbranched alkanes of at least 4 members (excludes halogenated alkanes) is 3. The lowest BCUT2D eigenvalue weighted by atomic mass is 10.2. The van der Waals surface area contributed by atoms with Crippen molar-refractivity contribution in [3.8, 4) is 5.75 Å². The molecule has 0 saturated heterocycles. The third-order valence-corrected chi connectivity index (χ3v) is 2.51. The summed E-state index contributed by atoms with van der Waals surface area (Å²) in [5.74, 6) is 0.805. The van der Waals surface area contributed by atoms with Crippen molar-refractivity contribution in [2.24, 2.45) is 10.8 Å². The number of ether oxygens (including phenoxy) is 1. The van der Waals surface area contributed by atoms with Crippen molar-refractivity contribution in [3.63, 3.8) is 0 Å². The summed E-state index contributed by atoms with van der Waals surface area (Å²) < 4.78 is 5.65. The minimum absolute atomic E-state index is 0.681. The first kappa shape index (κ1) is 15.0. The average Bonchev–Trinajstić information content (AvgIpc) is 2.39. The van der Waals surface area contributed by atoms with Crippen LogP contribution in [0.2, 0.25) is 0 Å². The average molecular weight is 263 g/mol. The Hall–Kier alpha value is -2.04. The lowest BCUT2D eigenvalue weighted by Crippen LogP contribution is -2.24. The molecule has 104 valence electrons. The number of primary amides is 1. The minimum Gasteiger partial charge on any atom is -0.494 e. The number of amides is 2. The van der Waals surface area contributed by atoms with E-state index in [1.807, 2.05) is 24.3 Å². The monoisotopic (exact) mass is 263 g/mol. The largest absolute Gasteiger partial charge is 0.494 e. The molecule has 0 fully saturated rings. The Balaban J connectivity index is 2.39. The third-order valence-electron chi connectivity index (χ3n) is 2.51. The summed E-state index contributed by atoms with van der Waals surface area (Å²) in [5.41, 5.74) is 7.90. The fraction of sp³-hybridized carbons (Fsp3) is 0.429. The van der Waals surface area contributed by atoms with Crippen LogP contribution in [0.4, 0.5) is 4.79 Å². The van der Waals surface area contributed by atoms with Crippen LogP contribution in [-0.2, 0) is 0 Å². The molecule has 0 aromatic heterocycles. The van der Waals surface area contributed by atoms with Crippen LogP contribution in [0.3, 0.4) is 0 Å². The van der Waals surface area contributed by atoms with Gasteiger partial charge in [0, 0.05) is 0 Å². The zero-order valence-corrected chi connectivity index (χ0v) is 11.3. The second-order valence-electron chi connectivity index (χ2n) is 4.22. The van der Waals surface area contributed by atoms with Gasteiger partial charge in [0.2, 0.25) is 0 Å². The molecule has 1 aromatic carbocycles. The molecule has 1 aromatic rings. The topological polar surface area (TPSA) is 76.7 Å². The summed E-state index contributed by atoms with van der Waals surface area (Å²) in [5, 5.41) is 3.70. The molecule has 3 N–H and O–H groups in total. The second-order valence-corrected chi connectivity index (χ2v) is 4.22. The van der Waals surface area contributed by atoms with Crippen molar-refractivity contribution in [3.05, 3.63) is 29.8 Å². The molecule has 2 amide bonds. The van der Waals surface area contributed by atoms with Gasteiger partial charge in [-0.1, -0.05) is 38.3 Å². The number of carbonyl (C=O) groups excluding carboxylic acids is 1. The molecule has 0 spiro atoms. The highest BCUT2D eigenvalue weighted by atomic mass is 16.5. The minimum atomic E-state index is -0.681. The van der Waals surface area contributed by atoms with Crippen LogP contribution < -0.4 is 15.9 Å². The number of nitrogens with two attached hydrogens (primary N) is 1. The van der Waals surface area contributed by atoms with Crippen LogP contribution >= 0.6 is 0 Å². The van der Waals surface area contributed by atoms with Crippen LogP contribution in [0.1, 0.15) is 38.2 Å². The van der Waals surface area contributed by atoms with E-state index in [1.165, 1.54) is 25.5 Å². The molecule has 0 saturated carbocycles. The van der Waals surface area contributed by atoms with Crippen LogP contribution in [0.25, 0.3) is 0 Å². The molecule has 19 heavy (non-hydrogen) atoms. The van der Waals surface area contributed by atoms with Crippen molar-refractivity contribution >= 4 is 12.2 Å². The maximum atomic E-state index is 10.5. The van der Waals surface area contributed by atoms with Crippen molar-refractivity contribution < 1.29 is 9.53 Å². The lowest BCUT2D eigenvalue weighted by Gasteiger charge is -2.06. The molecule has 0 radical (unpaired) electrons. The zero-order valence-electron chi connectivity index (χ0n) is 11.3. The summed E-state index contributed by atoms with van der Waals surface area (Å²) in [7, 11) is 0. The molecular weight excluding hydrogens is 242 g/mol. The van der Waals surface area contributed by atoms with Gasteiger partial charge in [0.1, 0.15) is 5.75 Å². The van der Waals surface area contributed by atoms with Crippen molar-refractivity contribution in [1.82, 2.24) is 5.43 Å². The first-order valence-electron chi connectivity index (χ1n) is 6.53.